The third-order valence-corrected chi connectivity index (χ3v) is 6.17. The van der Waals surface area contributed by atoms with E-state index in [2.05, 4.69) is 33.2 Å². The molecule has 7 nitrogen and oxygen atoms in total. The van der Waals surface area contributed by atoms with Gasteiger partial charge in [0.15, 0.2) is 0 Å². The summed E-state index contributed by atoms with van der Waals surface area (Å²) in [7, 11) is 1.60. The highest BCUT2D eigenvalue weighted by atomic mass is 16.3. The fourth-order valence-corrected chi connectivity index (χ4v) is 4.47. The number of nitrogens with zero attached hydrogens (tertiary/aromatic N) is 4. The number of pyridine rings is 1. The molecule has 1 aliphatic carbocycles. The Bertz CT molecular complexity index is 876. The van der Waals surface area contributed by atoms with Crippen LogP contribution < -0.4 is 10.2 Å². The van der Waals surface area contributed by atoms with Crippen molar-refractivity contribution >= 4 is 11.9 Å². The summed E-state index contributed by atoms with van der Waals surface area (Å²) >= 11 is 0. The Morgan fingerprint density at radius 2 is 1.97 bits per heavy atom. The van der Waals surface area contributed by atoms with Crippen LogP contribution >= 0.6 is 0 Å². The number of carbonyl (C=O) groups excluding carboxylic acids is 1. The molecule has 4 rings (SSSR count). The predicted octanol–water partition coefficient (Wildman–Crippen LogP) is 2.55. The molecule has 1 atom stereocenters. The lowest BCUT2D eigenvalue weighted by molar-refractivity contribution is 0.0962. The van der Waals surface area contributed by atoms with Crippen LogP contribution in [0.25, 0.3) is 0 Å². The van der Waals surface area contributed by atoms with Crippen molar-refractivity contribution < 1.29 is 9.90 Å². The molecule has 3 heterocycles. The van der Waals surface area contributed by atoms with Crippen LogP contribution in [0.2, 0.25) is 0 Å². The minimum atomic E-state index is -0.359. The number of nitrogens with one attached hydrogen (secondary N) is 1. The van der Waals surface area contributed by atoms with Crippen molar-refractivity contribution in [3.63, 3.8) is 0 Å². The van der Waals surface area contributed by atoms with Crippen molar-refractivity contribution in [2.24, 2.45) is 0 Å². The first kappa shape index (κ1) is 19.8. The number of aliphatic hydroxyl groups excluding tert-OH is 1. The first-order chi connectivity index (χ1) is 14.1. The second kappa shape index (κ2) is 8.45. The zero-order chi connectivity index (χ0) is 20.4. The Morgan fingerprint density at radius 1 is 1.24 bits per heavy atom. The Balaban J connectivity index is 1.48. The lowest BCUT2D eigenvalue weighted by Crippen LogP contribution is -2.35. The van der Waals surface area contributed by atoms with Gasteiger partial charge in [0.25, 0.3) is 5.91 Å². The molecule has 0 aromatic carbocycles. The summed E-state index contributed by atoms with van der Waals surface area (Å²) < 4.78 is 0. The quantitative estimate of drug-likeness (QED) is 0.827. The third-order valence-electron chi connectivity index (χ3n) is 6.17. The molecule has 1 fully saturated rings. The number of piperidine rings is 1. The maximum Gasteiger partial charge on any atom is 0.254 e. The minimum Gasteiger partial charge on any atom is -0.388 e. The third kappa shape index (κ3) is 3.96. The van der Waals surface area contributed by atoms with Gasteiger partial charge in [-0.3, -0.25) is 9.78 Å². The van der Waals surface area contributed by atoms with Crippen LogP contribution in [0, 0.1) is 0 Å². The molecule has 0 saturated carbocycles. The SMILES string of the molecule is CCc1cc2c(nc1C1CCN(c3ncc(C(=O)NC)cn3)CC1)CCCC2O. The molecule has 1 saturated heterocycles. The Hall–Kier alpha value is -2.54. The average molecular weight is 396 g/mol. The van der Waals surface area contributed by atoms with Gasteiger partial charge >= 0.3 is 0 Å². The molecule has 0 radical (unpaired) electrons. The van der Waals surface area contributed by atoms with Crippen molar-refractivity contribution in [2.45, 2.75) is 57.5 Å². The van der Waals surface area contributed by atoms with Crippen LogP contribution in [0.15, 0.2) is 18.5 Å². The van der Waals surface area contributed by atoms with E-state index in [9.17, 15) is 9.90 Å². The first-order valence-electron chi connectivity index (χ1n) is 10.6. The van der Waals surface area contributed by atoms with E-state index in [0.717, 1.165) is 62.9 Å². The van der Waals surface area contributed by atoms with Gasteiger partial charge in [-0.05, 0) is 50.2 Å². The zero-order valence-electron chi connectivity index (χ0n) is 17.2. The predicted molar refractivity (Wildman–Crippen MR) is 111 cm³/mol. The monoisotopic (exact) mass is 395 g/mol. The van der Waals surface area contributed by atoms with Gasteiger partial charge in [-0.15, -0.1) is 0 Å². The van der Waals surface area contributed by atoms with Crippen molar-refractivity contribution in [3.05, 3.63) is 46.5 Å². The Kier molecular flexibility index (Phi) is 5.76. The molecule has 1 amide bonds. The average Bonchev–Trinajstić information content (AvgIpc) is 2.78. The Labute approximate surface area is 171 Å². The van der Waals surface area contributed by atoms with Gasteiger partial charge in [0.2, 0.25) is 5.95 Å². The van der Waals surface area contributed by atoms with E-state index in [1.807, 2.05) is 0 Å². The van der Waals surface area contributed by atoms with E-state index in [1.165, 1.54) is 11.3 Å². The van der Waals surface area contributed by atoms with Gasteiger partial charge in [0.05, 0.1) is 11.7 Å². The molecular formula is C22H29N5O2. The standard InChI is InChI=1S/C22H29N5O2/c1-3-14-11-17-18(5-4-6-19(17)28)26-20(14)15-7-9-27(10-8-15)22-24-12-16(13-25-22)21(29)23-2/h11-13,15,19,28H,3-10H2,1-2H3,(H,23,29). The van der Waals surface area contributed by atoms with Crippen molar-refractivity contribution in [3.8, 4) is 0 Å². The normalized spacial score (nSPS) is 19.7. The molecule has 1 unspecified atom stereocenters. The molecule has 2 N–H and O–H groups in total. The molecule has 2 aromatic rings. The van der Waals surface area contributed by atoms with Crippen LogP contribution in [0.1, 0.15) is 77.5 Å². The molecule has 7 heteroatoms. The van der Waals surface area contributed by atoms with Crippen molar-refractivity contribution in [2.75, 3.05) is 25.0 Å². The highest BCUT2D eigenvalue weighted by molar-refractivity contribution is 5.93. The van der Waals surface area contributed by atoms with E-state index in [0.29, 0.717) is 17.4 Å². The van der Waals surface area contributed by atoms with Crippen LogP contribution in [0.5, 0.6) is 0 Å². The van der Waals surface area contributed by atoms with Gasteiger partial charge in [-0.1, -0.05) is 6.92 Å². The number of hydrogen-bond donors (Lipinski definition) is 2. The van der Waals surface area contributed by atoms with Gasteiger partial charge in [0.1, 0.15) is 0 Å². The summed E-state index contributed by atoms with van der Waals surface area (Å²) in [5.74, 6) is 0.926. The Morgan fingerprint density at radius 3 is 2.62 bits per heavy atom. The number of anilines is 1. The number of rotatable bonds is 4. The maximum absolute atomic E-state index is 11.7. The molecule has 0 spiro atoms. The fraction of sp³-hybridized carbons (Fsp3) is 0.545. The van der Waals surface area contributed by atoms with E-state index in [1.54, 1.807) is 19.4 Å². The zero-order valence-corrected chi connectivity index (χ0v) is 17.2. The summed E-state index contributed by atoms with van der Waals surface area (Å²) in [6.45, 7) is 3.90. The van der Waals surface area contributed by atoms with E-state index >= 15 is 0 Å². The lowest BCUT2D eigenvalue weighted by Gasteiger charge is -2.33. The number of amides is 1. The molecule has 2 aliphatic rings. The molecular weight excluding hydrogens is 366 g/mol. The lowest BCUT2D eigenvalue weighted by atomic mass is 9.86. The number of hydrogen-bond acceptors (Lipinski definition) is 6. The number of carbonyl (C=O) groups is 1. The highest BCUT2D eigenvalue weighted by Gasteiger charge is 2.28. The van der Waals surface area contributed by atoms with Crippen molar-refractivity contribution in [1.82, 2.24) is 20.3 Å². The van der Waals surface area contributed by atoms with Crippen LogP contribution in [-0.4, -0.2) is 46.1 Å². The maximum atomic E-state index is 11.7. The van der Waals surface area contributed by atoms with E-state index < -0.39 is 0 Å². The molecule has 2 aromatic heterocycles. The smallest absolute Gasteiger partial charge is 0.254 e. The largest absolute Gasteiger partial charge is 0.388 e. The molecule has 1 aliphatic heterocycles. The van der Waals surface area contributed by atoms with E-state index in [-0.39, 0.29) is 12.0 Å². The van der Waals surface area contributed by atoms with Crippen LogP contribution in [0.3, 0.4) is 0 Å². The molecule has 29 heavy (non-hydrogen) atoms. The minimum absolute atomic E-state index is 0.175. The van der Waals surface area contributed by atoms with Crippen LogP contribution in [-0.2, 0) is 12.8 Å². The highest BCUT2D eigenvalue weighted by Crippen LogP contribution is 2.35. The van der Waals surface area contributed by atoms with Gasteiger partial charge < -0.3 is 15.3 Å². The van der Waals surface area contributed by atoms with Gasteiger partial charge in [-0.25, -0.2) is 9.97 Å². The van der Waals surface area contributed by atoms with Gasteiger partial charge in [-0.2, -0.15) is 0 Å². The second-order valence-electron chi connectivity index (χ2n) is 7.94. The number of fused-ring (bicyclic) bond motifs is 1. The molecule has 154 valence electrons. The fourth-order valence-electron chi connectivity index (χ4n) is 4.47. The number of aliphatic hydroxyl groups is 1. The van der Waals surface area contributed by atoms with Crippen LogP contribution in [0.4, 0.5) is 5.95 Å². The summed E-state index contributed by atoms with van der Waals surface area (Å²) in [6.07, 6.45) is 8.56. The van der Waals surface area contributed by atoms with Crippen molar-refractivity contribution in [1.29, 1.82) is 0 Å². The summed E-state index contributed by atoms with van der Waals surface area (Å²) in [5, 5.41) is 12.9. The topological polar surface area (TPSA) is 91.2 Å². The number of aryl methyl sites for hydroxylation is 2. The second-order valence-corrected chi connectivity index (χ2v) is 7.94. The number of aromatic nitrogens is 3. The van der Waals surface area contributed by atoms with E-state index in [4.69, 9.17) is 4.98 Å². The summed E-state index contributed by atoms with van der Waals surface area (Å²) in [6, 6.07) is 2.20. The summed E-state index contributed by atoms with van der Waals surface area (Å²) in [4.78, 5) is 27.6. The first-order valence-corrected chi connectivity index (χ1v) is 10.6. The van der Waals surface area contributed by atoms with Gasteiger partial charge in [0, 0.05) is 55.4 Å². The summed E-state index contributed by atoms with van der Waals surface area (Å²) in [5.41, 5.74) is 5.09. The molecule has 0 bridgehead atoms.